The average Bonchev–Trinajstić information content (AvgIpc) is 3.48. The van der Waals surface area contributed by atoms with Gasteiger partial charge in [0.15, 0.2) is 5.69 Å². The number of fused-ring (bicyclic) bond motifs is 1. The van der Waals surface area contributed by atoms with Crippen LogP contribution in [0.1, 0.15) is 41.7 Å². The molecular formula is C23H23N5O. The molecule has 6 heteroatoms. The third kappa shape index (κ3) is 3.53. The van der Waals surface area contributed by atoms with E-state index in [1.807, 2.05) is 53.3 Å². The summed E-state index contributed by atoms with van der Waals surface area (Å²) in [7, 11) is 0. The Bertz CT molecular complexity index is 1140. The number of rotatable bonds is 5. The summed E-state index contributed by atoms with van der Waals surface area (Å²) in [6, 6.07) is 12.2. The molecule has 0 saturated heterocycles. The summed E-state index contributed by atoms with van der Waals surface area (Å²) in [4.78, 5) is 21.8. The molecule has 1 N–H and O–H groups in total. The summed E-state index contributed by atoms with van der Waals surface area (Å²) < 4.78 is 4.10. The molecule has 1 fully saturated rings. The molecule has 1 amide bonds. The topological polar surface area (TPSA) is 64.2 Å². The summed E-state index contributed by atoms with van der Waals surface area (Å²) in [5.74, 6) is 0.698. The molecule has 146 valence electrons. The van der Waals surface area contributed by atoms with Gasteiger partial charge in [-0.1, -0.05) is 25.0 Å². The minimum atomic E-state index is -0.0818. The lowest BCUT2D eigenvalue weighted by Gasteiger charge is -2.10. The van der Waals surface area contributed by atoms with Crippen LogP contribution in [0.15, 0.2) is 67.4 Å². The molecule has 0 spiro atoms. The van der Waals surface area contributed by atoms with E-state index in [1.165, 1.54) is 12.8 Å². The van der Waals surface area contributed by atoms with E-state index in [-0.39, 0.29) is 11.9 Å². The van der Waals surface area contributed by atoms with Gasteiger partial charge in [0, 0.05) is 49.1 Å². The fourth-order valence-electron chi connectivity index (χ4n) is 4.11. The molecular weight excluding hydrogens is 362 g/mol. The normalized spacial score (nSPS) is 14.5. The smallest absolute Gasteiger partial charge is 0.272 e. The van der Waals surface area contributed by atoms with E-state index in [0.717, 1.165) is 41.9 Å². The van der Waals surface area contributed by atoms with Gasteiger partial charge in [-0.05, 0) is 42.7 Å². The molecule has 4 aromatic heterocycles. The van der Waals surface area contributed by atoms with E-state index in [9.17, 15) is 4.79 Å². The van der Waals surface area contributed by atoms with E-state index in [0.29, 0.717) is 5.69 Å². The van der Waals surface area contributed by atoms with Crippen molar-refractivity contribution in [3.63, 3.8) is 0 Å². The number of pyridine rings is 2. The predicted molar refractivity (Wildman–Crippen MR) is 112 cm³/mol. The largest absolute Gasteiger partial charge is 0.349 e. The van der Waals surface area contributed by atoms with Crippen molar-refractivity contribution in [1.29, 1.82) is 0 Å². The SMILES string of the molecule is O=C(NC1CCCC1)c1nc(-c2ccn(Cc3cccnc3)c2)n2ccccc12. The minimum absolute atomic E-state index is 0.0818. The number of amides is 1. The monoisotopic (exact) mass is 385 g/mol. The first-order valence-electron chi connectivity index (χ1n) is 10.1. The first-order valence-corrected chi connectivity index (χ1v) is 10.1. The van der Waals surface area contributed by atoms with Crippen molar-refractivity contribution in [2.24, 2.45) is 0 Å². The van der Waals surface area contributed by atoms with Gasteiger partial charge in [0.1, 0.15) is 5.82 Å². The zero-order chi connectivity index (χ0) is 19.6. The van der Waals surface area contributed by atoms with Crippen LogP contribution >= 0.6 is 0 Å². The highest BCUT2D eigenvalue weighted by atomic mass is 16.2. The number of hydrogen-bond acceptors (Lipinski definition) is 3. The van der Waals surface area contributed by atoms with Crippen molar-refractivity contribution in [1.82, 2.24) is 24.3 Å². The van der Waals surface area contributed by atoms with Gasteiger partial charge in [-0.3, -0.25) is 14.2 Å². The molecule has 0 radical (unpaired) electrons. The zero-order valence-electron chi connectivity index (χ0n) is 16.2. The number of nitrogens with one attached hydrogen (secondary N) is 1. The summed E-state index contributed by atoms with van der Waals surface area (Å²) in [6.45, 7) is 0.742. The van der Waals surface area contributed by atoms with Gasteiger partial charge < -0.3 is 9.88 Å². The van der Waals surface area contributed by atoms with E-state index in [1.54, 1.807) is 6.20 Å². The van der Waals surface area contributed by atoms with Crippen molar-refractivity contribution in [2.45, 2.75) is 38.3 Å². The van der Waals surface area contributed by atoms with Crippen LogP contribution in [0.5, 0.6) is 0 Å². The van der Waals surface area contributed by atoms with Crippen molar-refractivity contribution < 1.29 is 4.79 Å². The molecule has 0 aliphatic heterocycles. The highest BCUT2D eigenvalue weighted by molar-refractivity contribution is 6.00. The van der Waals surface area contributed by atoms with Gasteiger partial charge in [0.25, 0.3) is 5.91 Å². The fourth-order valence-corrected chi connectivity index (χ4v) is 4.11. The Morgan fingerprint density at radius 3 is 2.83 bits per heavy atom. The van der Waals surface area contributed by atoms with Gasteiger partial charge in [0.2, 0.25) is 0 Å². The van der Waals surface area contributed by atoms with Crippen LogP contribution < -0.4 is 5.32 Å². The van der Waals surface area contributed by atoms with Gasteiger partial charge in [-0.15, -0.1) is 0 Å². The quantitative estimate of drug-likeness (QED) is 0.566. The number of hydrogen-bond donors (Lipinski definition) is 1. The van der Waals surface area contributed by atoms with Crippen LogP contribution in [0.2, 0.25) is 0 Å². The second-order valence-electron chi connectivity index (χ2n) is 7.63. The van der Waals surface area contributed by atoms with E-state index < -0.39 is 0 Å². The lowest BCUT2D eigenvalue weighted by atomic mass is 10.2. The number of carbonyl (C=O) groups excluding carboxylic acids is 1. The summed E-state index contributed by atoms with van der Waals surface area (Å²) >= 11 is 0. The number of carbonyl (C=O) groups is 1. The second-order valence-corrected chi connectivity index (χ2v) is 7.63. The van der Waals surface area contributed by atoms with Crippen LogP contribution in [0.3, 0.4) is 0 Å². The summed E-state index contributed by atoms with van der Waals surface area (Å²) in [6.07, 6.45) is 14.2. The molecule has 5 rings (SSSR count). The van der Waals surface area contributed by atoms with Crippen molar-refractivity contribution >= 4 is 11.4 Å². The van der Waals surface area contributed by atoms with Gasteiger partial charge >= 0.3 is 0 Å². The Kier molecular flexibility index (Phi) is 4.60. The Balaban J connectivity index is 1.47. The molecule has 0 unspecified atom stereocenters. The Hall–Kier alpha value is -3.41. The maximum atomic E-state index is 12.9. The van der Waals surface area contributed by atoms with Crippen LogP contribution in [-0.2, 0) is 6.54 Å². The average molecular weight is 385 g/mol. The molecule has 1 aliphatic carbocycles. The maximum Gasteiger partial charge on any atom is 0.272 e. The summed E-state index contributed by atoms with van der Waals surface area (Å²) in [5.41, 5.74) is 3.44. The standard InChI is InChI=1S/C23H23N5O/c29-23(25-19-7-1-2-8-19)21-20-9-3-4-12-28(20)22(26-21)18-10-13-27(16-18)15-17-6-5-11-24-14-17/h3-6,9-14,16,19H,1-2,7-8,15H2,(H,25,29). The molecule has 6 nitrogen and oxygen atoms in total. The van der Waals surface area contributed by atoms with Crippen LogP contribution in [-0.4, -0.2) is 30.9 Å². The molecule has 0 bridgehead atoms. The first kappa shape index (κ1) is 17.7. The molecule has 1 saturated carbocycles. The number of nitrogens with zero attached hydrogens (tertiary/aromatic N) is 4. The molecule has 4 aromatic rings. The maximum absolute atomic E-state index is 12.9. The molecule has 0 atom stereocenters. The fraction of sp³-hybridized carbons (Fsp3) is 0.261. The van der Waals surface area contributed by atoms with Crippen molar-refractivity contribution in [2.75, 3.05) is 0 Å². The van der Waals surface area contributed by atoms with E-state index in [4.69, 9.17) is 4.98 Å². The Morgan fingerprint density at radius 1 is 1.10 bits per heavy atom. The third-order valence-electron chi connectivity index (χ3n) is 5.55. The number of aromatic nitrogens is 4. The lowest BCUT2D eigenvalue weighted by Crippen LogP contribution is -2.32. The Labute approximate surface area is 169 Å². The van der Waals surface area contributed by atoms with E-state index in [2.05, 4.69) is 27.1 Å². The van der Waals surface area contributed by atoms with Gasteiger partial charge in [-0.2, -0.15) is 0 Å². The van der Waals surface area contributed by atoms with Gasteiger partial charge in [-0.25, -0.2) is 4.98 Å². The Morgan fingerprint density at radius 2 is 2.00 bits per heavy atom. The van der Waals surface area contributed by atoms with Crippen LogP contribution in [0.25, 0.3) is 16.9 Å². The lowest BCUT2D eigenvalue weighted by molar-refractivity contribution is 0.0935. The molecule has 4 heterocycles. The zero-order valence-corrected chi connectivity index (χ0v) is 16.2. The molecule has 29 heavy (non-hydrogen) atoms. The minimum Gasteiger partial charge on any atom is -0.349 e. The predicted octanol–water partition coefficient (Wildman–Crippen LogP) is 3.92. The molecule has 1 aliphatic rings. The second kappa shape index (κ2) is 7.54. The van der Waals surface area contributed by atoms with Gasteiger partial charge in [0.05, 0.1) is 5.52 Å². The third-order valence-corrected chi connectivity index (χ3v) is 5.55. The van der Waals surface area contributed by atoms with Crippen LogP contribution in [0.4, 0.5) is 0 Å². The van der Waals surface area contributed by atoms with Crippen molar-refractivity contribution in [3.8, 4) is 11.4 Å². The van der Waals surface area contributed by atoms with Crippen LogP contribution in [0, 0.1) is 0 Å². The first-order chi connectivity index (χ1) is 14.3. The van der Waals surface area contributed by atoms with Crippen molar-refractivity contribution in [3.05, 3.63) is 78.6 Å². The van der Waals surface area contributed by atoms with E-state index >= 15 is 0 Å². The number of imidazole rings is 1. The highest BCUT2D eigenvalue weighted by Gasteiger charge is 2.23. The highest BCUT2D eigenvalue weighted by Crippen LogP contribution is 2.24. The molecule has 0 aromatic carbocycles. The summed E-state index contributed by atoms with van der Waals surface area (Å²) in [5, 5.41) is 3.16.